The first-order valence-corrected chi connectivity index (χ1v) is 16.3. The van der Waals surface area contributed by atoms with Crippen LogP contribution in [0.25, 0.3) is 0 Å². The molecule has 2 aromatic rings. The number of halogens is 6. The first-order chi connectivity index (χ1) is 21.2. The van der Waals surface area contributed by atoms with Crippen LogP contribution in [0.1, 0.15) is 84.7 Å². The minimum Gasteiger partial charge on any atom is -0.342 e. The van der Waals surface area contributed by atoms with Gasteiger partial charge in [-0.25, -0.2) is 0 Å². The van der Waals surface area contributed by atoms with Crippen LogP contribution >= 0.6 is 0 Å². The van der Waals surface area contributed by atoms with Crippen LogP contribution in [0.2, 0.25) is 0 Å². The highest BCUT2D eigenvalue weighted by molar-refractivity contribution is 5.79. The highest BCUT2D eigenvalue weighted by atomic mass is 19.4. The molecule has 2 aliphatic heterocycles. The Balaban J connectivity index is 1.32. The van der Waals surface area contributed by atoms with Crippen LogP contribution in [0.5, 0.6) is 0 Å². The van der Waals surface area contributed by atoms with Crippen molar-refractivity contribution in [3.8, 4) is 0 Å². The molecular weight excluding hydrogens is 592 g/mol. The van der Waals surface area contributed by atoms with Crippen LogP contribution < -0.4 is 0 Å². The predicted molar refractivity (Wildman–Crippen MR) is 163 cm³/mol. The van der Waals surface area contributed by atoms with Crippen molar-refractivity contribution in [2.45, 2.75) is 95.4 Å². The van der Waals surface area contributed by atoms with Crippen LogP contribution in [-0.4, -0.2) is 72.5 Å². The summed E-state index contributed by atoms with van der Waals surface area (Å²) in [5.41, 5.74) is 0.0422. The van der Waals surface area contributed by atoms with E-state index in [0.717, 1.165) is 56.7 Å². The number of amides is 1. The van der Waals surface area contributed by atoms with E-state index < -0.39 is 35.8 Å². The summed E-state index contributed by atoms with van der Waals surface area (Å²) in [5.74, 6) is -0.448. The Morgan fingerprint density at radius 2 is 1.44 bits per heavy atom. The molecule has 2 aromatic carbocycles. The maximum atomic E-state index is 13.6. The standard InChI is InChI=1S/C35H45F6N3O/c1-25-9-10-28(19-26(25)2)33(12-14-42-15-17-43(18-16-42)31-7-4-3-5-8-31)11-6-13-44(24-33)32(45)22-27-20-29(34(36,37)38)23-30(21-27)35(39,40)41/h9-10,19-21,23,31H,3-8,11-18,22,24H2,1-2H3. The van der Waals surface area contributed by atoms with Gasteiger partial charge in [-0.15, -0.1) is 0 Å². The van der Waals surface area contributed by atoms with Gasteiger partial charge < -0.3 is 9.80 Å². The Bertz CT molecular complexity index is 1300. The zero-order chi connectivity index (χ0) is 32.4. The van der Waals surface area contributed by atoms with Crippen LogP contribution in [0.3, 0.4) is 0 Å². The minimum absolute atomic E-state index is 0.106. The van der Waals surface area contributed by atoms with Gasteiger partial charge >= 0.3 is 12.4 Å². The van der Waals surface area contributed by atoms with Crippen LogP contribution in [0, 0.1) is 13.8 Å². The molecule has 0 radical (unpaired) electrons. The van der Waals surface area contributed by atoms with Gasteiger partial charge in [0.15, 0.2) is 0 Å². The molecule has 1 amide bonds. The zero-order valence-electron chi connectivity index (χ0n) is 26.4. The molecule has 3 aliphatic rings. The number of piperazine rings is 1. The van der Waals surface area contributed by atoms with Gasteiger partial charge in [0.25, 0.3) is 0 Å². The largest absolute Gasteiger partial charge is 0.416 e. The van der Waals surface area contributed by atoms with E-state index in [4.69, 9.17) is 0 Å². The number of alkyl halides is 6. The van der Waals surface area contributed by atoms with E-state index >= 15 is 0 Å². The highest BCUT2D eigenvalue weighted by Gasteiger charge is 2.40. The molecule has 1 saturated carbocycles. The summed E-state index contributed by atoms with van der Waals surface area (Å²) in [4.78, 5) is 20.4. The molecule has 248 valence electrons. The number of benzene rings is 2. The van der Waals surface area contributed by atoms with E-state index in [1.54, 1.807) is 4.90 Å². The summed E-state index contributed by atoms with van der Waals surface area (Å²) in [6.07, 6.45) is -1.47. The molecule has 5 rings (SSSR count). The number of piperidine rings is 1. The molecule has 0 aromatic heterocycles. The van der Waals surface area contributed by atoms with E-state index in [9.17, 15) is 31.1 Å². The van der Waals surface area contributed by atoms with Crippen molar-refractivity contribution in [3.05, 3.63) is 69.8 Å². The van der Waals surface area contributed by atoms with Crippen molar-refractivity contribution in [1.82, 2.24) is 14.7 Å². The summed E-state index contributed by atoms with van der Waals surface area (Å²) >= 11 is 0. The molecule has 1 unspecified atom stereocenters. The summed E-state index contributed by atoms with van der Waals surface area (Å²) in [5, 5.41) is 0. The van der Waals surface area contributed by atoms with Crippen LogP contribution in [0.15, 0.2) is 36.4 Å². The average molecular weight is 638 g/mol. The van der Waals surface area contributed by atoms with Crippen LogP contribution in [-0.2, 0) is 29.0 Å². The van der Waals surface area contributed by atoms with Gasteiger partial charge in [0.05, 0.1) is 17.5 Å². The number of rotatable bonds is 7. The molecule has 1 aliphatic carbocycles. The van der Waals surface area contributed by atoms with E-state index in [-0.39, 0.29) is 17.0 Å². The Labute approximate surface area is 262 Å². The molecule has 0 N–H and O–H groups in total. The molecule has 2 saturated heterocycles. The maximum absolute atomic E-state index is 13.6. The lowest BCUT2D eigenvalue weighted by atomic mass is 9.71. The van der Waals surface area contributed by atoms with E-state index in [1.165, 1.54) is 37.7 Å². The number of hydrogen-bond donors (Lipinski definition) is 0. The third-order valence-electron chi connectivity index (χ3n) is 10.5. The molecule has 10 heteroatoms. The number of carbonyl (C=O) groups excluding carboxylic acids is 1. The molecule has 3 fully saturated rings. The second-order valence-electron chi connectivity index (χ2n) is 13.5. The lowest BCUT2D eigenvalue weighted by molar-refractivity contribution is -0.143. The monoisotopic (exact) mass is 637 g/mol. The Kier molecular flexibility index (Phi) is 10.2. The molecule has 45 heavy (non-hydrogen) atoms. The van der Waals surface area contributed by atoms with Crippen molar-refractivity contribution in [2.75, 3.05) is 45.8 Å². The van der Waals surface area contributed by atoms with Crippen molar-refractivity contribution >= 4 is 5.91 Å². The number of aryl methyl sites for hydroxylation is 2. The SMILES string of the molecule is Cc1ccc(C2(CCN3CCN(C4CCCCC4)CC3)CCCN(C(=O)Cc3cc(C(F)(F)F)cc(C(F)(F)F)c3)C2)cc1C. The minimum atomic E-state index is -4.95. The van der Waals surface area contributed by atoms with E-state index in [0.29, 0.717) is 37.7 Å². The van der Waals surface area contributed by atoms with Crippen LogP contribution in [0.4, 0.5) is 26.3 Å². The Hall–Kier alpha value is -2.59. The second kappa shape index (κ2) is 13.6. The summed E-state index contributed by atoms with van der Waals surface area (Å²) in [6, 6.07) is 8.55. The van der Waals surface area contributed by atoms with Crippen molar-refractivity contribution in [1.29, 1.82) is 0 Å². The van der Waals surface area contributed by atoms with Gasteiger partial charge in [0.2, 0.25) is 5.91 Å². The zero-order valence-corrected chi connectivity index (χ0v) is 26.4. The molecule has 0 bridgehead atoms. The van der Waals surface area contributed by atoms with Gasteiger partial charge in [-0.2, -0.15) is 26.3 Å². The van der Waals surface area contributed by atoms with Gasteiger partial charge in [0, 0.05) is 50.7 Å². The van der Waals surface area contributed by atoms with Gasteiger partial charge in [-0.1, -0.05) is 37.5 Å². The van der Waals surface area contributed by atoms with Crippen molar-refractivity contribution in [2.24, 2.45) is 0 Å². The van der Waals surface area contributed by atoms with Crippen molar-refractivity contribution in [3.63, 3.8) is 0 Å². The molecular formula is C35H45F6N3O. The number of likely N-dealkylation sites (tertiary alicyclic amines) is 1. The Morgan fingerprint density at radius 1 is 0.800 bits per heavy atom. The van der Waals surface area contributed by atoms with E-state index in [2.05, 4.69) is 41.8 Å². The summed E-state index contributed by atoms with van der Waals surface area (Å²) in [6.45, 7) is 9.92. The smallest absolute Gasteiger partial charge is 0.342 e. The second-order valence-corrected chi connectivity index (χ2v) is 13.5. The quantitative estimate of drug-likeness (QED) is 0.290. The predicted octanol–water partition coefficient (Wildman–Crippen LogP) is 7.78. The lowest BCUT2D eigenvalue weighted by Crippen LogP contribution is -2.53. The summed E-state index contributed by atoms with van der Waals surface area (Å²) < 4.78 is 80.8. The fraction of sp³-hybridized carbons (Fsp3) is 0.629. The lowest BCUT2D eigenvalue weighted by Gasteiger charge is -2.46. The molecule has 0 spiro atoms. The highest BCUT2D eigenvalue weighted by Crippen LogP contribution is 2.40. The number of carbonyl (C=O) groups is 1. The molecule has 2 heterocycles. The maximum Gasteiger partial charge on any atom is 0.416 e. The third-order valence-corrected chi connectivity index (χ3v) is 10.5. The fourth-order valence-electron chi connectivity index (χ4n) is 7.58. The normalized spacial score (nSPS) is 23.0. The van der Waals surface area contributed by atoms with Crippen molar-refractivity contribution < 1.29 is 31.1 Å². The molecule has 4 nitrogen and oxygen atoms in total. The summed E-state index contributed by atoms with van der Waals surface area (Å²) in [7, 11) is 0. The number of hydrogen-bond acceptors (Lipinski definition) is 3. The van der Waals surface area contributed by atoms with Gasteiger partial charge in [-0.05, 0) is 92.9 Å². The van der Waals surface area contributed by atoms with Gasteiger partial charge in [-0.3, -0.25) is 9.69 Å². The van der Waals surface area contributed by atoms with E-state index in [1.807, 2.05) is 0 Å². The average Bonchev–Trinajstić information content (AvgIpc) is 3.01. The number of nitrogens with zero attached hydrogens (tertiary/aromatic N) is 3. The van der Waals surface area contributed by atoms with Gasteiger partial charge in [0.1, 0.15) is 0 Å². The first-order valence-electron chi connectivity index (χ1n) is 16.3. The fourth-order valence-corrected chi connectivity index (χ4v) is 7.58. The Morgan fingerprint density at radius 3 is 2.04 bits per heavy atom. The third kappa shape index (κ3) is 8.23. The molecule has 1 atom stereocenters. The first kappa shape index (κ1) is 33.8. The topological polar surface area (TPSA) is 26.8 Å².